The molecule has 1 aromatic carbocycles. The Kier molecular flexibility index (Phi) is 3.26. The Labute approximate surface area is 71.3 Å². The summed E-state index contributed by atoms with van der Waals surface area (Å²) in [4.78, 5) is 9.90. The average Bonchev–Trinajstić information content (AvgIpc) is 2.09. The highest BCUT2D eigenvalue weighted by Crippen LogP contribution is 2.12. The standard InChI is InChI=1S/C9H11NO2/c1-2-12-9-5-3-8(4-6-9)7-10-11/h3-6H,2,7H2,1H3. The molecule has 0 radical (unpaired) electrons. The van der Waals surface area contributed by atoms with Crippen LogP contribution in [0.4, 0.5) is 0 Å². The number of nitroso groups, excluding NO2 is 1. The van der Waals surface area contributed by atoms with Gasteiger partial charge in [-0.2, -0.15) is 4.91 Å². The van der Waals surface area contributed by atoms with Gasteiger partial charge in [0.2, 0.25) is 0 Å². The van der Waals surface area contributed by atoms with Gasteiger partial charge in [-0.05, 0) is 24.6 Å². The first-order valence-corrected chi connectivity index (χ1v) is 3.87. The van der Waals surface area contributed by atoms with Crippen LogP contribution in [0.15, 0.2) is 29.4 Å². The first-order chi connectivity index (χ1) is 5.86. The summed E-state index contributed by atoms with van der Waals surface area (Å²) in [5.74, 6) is 0.826. The van der Waals surface area contributed by atoms with Gasteiger partial charge < -0.3 is 4.74 Å². The fourth-order valence-corrected chi connectivity index (χ4v) is 0.932. The molecular weight excluding hydrogens is 154 g/mol. The summed E-state index contributed by atoms with van der Waals surface area (Å²) in [5, 5.41) is 2.79. The highest BCUT2D eigenvalue weighted by atomic mass is 16.5. The number of rotatable bonds is 4. The lowest BCUT2D eigenvalue weighted by atomic mass is 10.2. The molecule has 0 aliphatic rings. The van der Waals surface area contributed by atoms with E-state index in [-0.39, 0.29) is 6.54 Å². The average molecular weight is 165 g/mol. The molecule has 0 saturated heterocycles. The van der Waals surface area contributed by atoms with E-state index in [0.717, 1.165) is 11.3 Å². The zero-order valence-electron chi connectivity index (χ0n) is 6.99. The molecule has 0 bridgehead atoms. The lowest BCUT2D eigenvalue weighted by molar-refractivity contribution is 0.340. The van der Waals surface area contributed by atoms with Crippen LogP contribution in [0.25, 0.3) is 0 Å². The molecular formula is C9H11NO2. The molecule has 0 fully saturated rings. The molecule has 1 rings (SSSR count). The Balaban J connectivity index is 2.64. The summed E-state index contributed by atoms with van der Waals surface area (Å²) in [6, 6.07) is 7.35. The first kappa shape index (κ1) is 8.71. The number of hydrogen-bond acceptors (Lipinski definition) is 3. The van der Waals surface area contributed by atoms with Crippen LogP contribution >= 0.6 is 0 Å². The maximum absolute atomic E-state index is 9.90. The van der Waals surface area contributed by atoms with Gasteiger partial charge in [0.15, 0.2) is 0 Å². The van der Waals surface area contributed by atoms with Gasteiger partial charge in [-0.3, -0.25) is 0 Å². The predicted octanol–water partition coefficient (Wildman–Crippen LogP) is 2.35. The molecule has 0 amide bonds. The van der Waals surface area contributed by atoms with Crippen LogP contribution in [-0.2, 0) is 6.54 Å². The SMILES string of the molecule is CCOc1ccc(CN=O)cc1. The molecule has 0 aliphatic heterocycles. The Bertz CT molecular complexity index is 243. The molecule has 0 aromatic heterocycles. The molecule has 3 nitrogen and oxygen atoms in total. The van der Waals surface area contributed by atoms with E-state index in [1.165, 1.54) is 0 Å². The van der Waals surface area contributed by atoms with Crippen LogP contribution in [0, 0.1) is 4.91 Å². The minimum atomic E-state index is 0.229. The second kappa shape index (κ2) is 4.49. The van der Waals surface area contributed by atoms with Crippen molar-refractivity contribution < 1.29 is 4.74 Å². The smallest absolute Gasteiger partial charge is 0.119 e. The summed E-state index contributed by atoms with van der Waals surface area (Å²) in [6.45, 7) is 2.82. The zero-order valence-corrected chi connectivity index (χ0v) is 6.99. The Morgan fingerprint density at radius 3 is 2.50 bits per heavy atom. The molecule has 0 spiro atoms. The van der Waals surface area contributed by atoms with Gasteiger partial charge in [-0.1, -0.05) is 17.3 Å². The Morgan fingerprint density at radius 2 is 2.00 bits per heavy atom. The highest BCUT2D eigenvalue weighted by molar-refractivity contribution is 5.27. The van der Waals surface area contributed by atoms with Crippen molar-refractivity contribution in [1.82, 2.24) is 0 Å². The van der Waals surface area contributed by atoms with Crippen LogP contribution in [-0.4, -0.2) is 6.61 Å². The fourth-order valence-electron chi connectivity index (χ4n) is 0.932. The van der Waals surface area contributed by atoms with E-state index >= 15 is 0 Å². The van der Waals surface area contributed by atoms with Crippen molar-refractivity contribution in [2.24, 2.45) is 5.18 Å². The normalized spacial score (nSPS) is 9.42. The van der Waals surface area contributed by atoms with Gasteiger partial charge in [0.1, 0.15) is 12.3 Å². The van der Waals surface area contributed by atoms with Gasteiger partial charge in [0.05, 0.1) is 6.61 Å². The van der Waals surface area contributed by atoms with E-state index in [9.17, 15) is 4.91 Å². The van der Waals surface area contributed by atoms with Crippen molar-refractivity contribution in [2.45, 2.75) is 13.5 Å². The molecule has 12 heavy (non-hydrogen) atoms. The molecule has 0 atom stereocenters. The summed E-state index contributed by atoms with van der Waals surface area (Å²) in [7, 11) is 0. The van der Waals surface area contributed by atoms with Crippen molar-refractivity contribution >= 4 is 0 Å². The molecule has 1 aromatic rings. The summed E-state index contributed by atoms with van der Waals surface area (Å²) in [6.07, 6.45) is 0. The number of nitrogens with zero attached hydrogens (tertiary/aromatic N) is 1. The van der Waals surface area contributed by atoms with Crippen molar-refractivity contribution in [1.29, 1.82) is 0 Å². The van der Waals surface area contributed by atoms with Gasteiger partial charge in [0.25, 0.3) is 0 Å². The van der Waals surface area contributed by atoms with Gasteiger partial charge in [-0.15, -0.1) is 0 Å². The zero-order chi connectivity index (χ0) is 8.81. The van der Waals surface area contributed by atoms with Crippen molar-refractivity contribution in [3.05, 3.63) is 34.7 Å². The second-order valence-corrected chi connectivity index (χ2v) is 2.36. The van der Waals surface area contributed by atoms with E-state index in [4.69, 9.17) is 4.74 Å². The molecule has 3 heteroatoms. The largest absolute Gasteiger partial charge is 0.494 e. The number of hydrogen-bond donors (Lipinski definition) is 0. The van der Waals surface area contributed by atoms with Crippen LogP contribution in [0.1, 0.15) is 12.5 Å². The Hall–Kier alpha value is -1.38. The molecule has 0 unspecified atom stereocenters. The third-order valence-electron chi connectivity index (χ3n) is 1.48. The van der Waals surface area contributed by atoms with Gasteiger partial charge in [0, 0.05) is 0 Å². The van der Waals surface area contributed by atoms with Crippen LogP contribution in [0.2, 0.25) is 0 Å². The van der Waals surface area contributed by atoms with Crippen LogP contribution < -0.4 is 4.74 Å². The summed E-state index contributed by atoms with van der Waals surface area (Å²) >= 11 is 0. The van der Waals surface area contributed by atoms with Gasteiger partial charge in [-0.25, -0.2) is 0 Å². The van der Waals surface area contributed by atoms with E-state index in [2.05, 4.69) is 5.18 Å². The summed E-state index contributed by atoms with van der Waals surface area (Å²) < 4.78 is 5.23. The molecule has 0 N–H and O–H groups in total. The van der Waals surface area contributed by atoms with Gasteiger partial charge >= 0.3 is 0 Å². The highest BCUT2D eigenvalue weighted by Gasteiger charge is 1.93. The molecule has 0 aliphatic carbocycles. The Morgan fingerprint density at radius 1 is 1.33 bits per heavy atom. The number of benzene rings is 1. The molecule has 0 heterocycles. The fraction of sp³-hybridized carbons (Fsp3) is 0.333. The molecule has 64 valence electrons. The summed E-state index contributed by atoms with van der Waals surface area (Å²) in [5.41, 5.74) is 0.911. The monoisotopic (exact) mass is 165 g/mol. The predicted molar refractivity (Wildman–Crippen MR) is 47.1 cm³/mol. The van der Waals surface area contributed by atoms with Crippen LogP contribution in [0.5, 0.6) is 5.75 Å². The quantitative estimate of drug-likeness (QED) is 0.642. The minimum Gasteiger partial charge on any atom is -0.494 e. The minimum absolute atomic E-state index is 0.229. The number of ether oxygens (including phenoxy) is 1. The maximum Gasteiger partial charge on any atom is 0.119 e. The van der Waals surface area contributed by atoms with Crippen molar-refractivity contribution in [3.8, 4) is 5.75 Å². The van der Waals surface area contributed by atoms with Crippen LogP contribution in [0.3, 0.4) is 0 Å². The van der Waals surface area contributed by atoms with E-state index < -0.39 is 0 Å². The second-order valence-electron chi connectivity index (χ2n) is 2.36. The topological polar surface area (TPSA) is 38.7 Å². The molecule has 0 saturated carbocycles. The first-order valence-electron chi connectivity index (χ1n) is 3.87. The maximum atomic E-state index is 9.90. The third-order valence-corrected chi connectivity index (χ3v) is 1.48. The van der Waals surface area contributed by atoms with Crippen molar-refractivity contribution in [2.75, 3.05) is 6.61 Å². The lowest BCUT2D eigenvalue weighted by Gasteiger charge is -2.02. The lowest BCUT2D eigenvalue weighted by Crippen LogP contribution is -1.91. The van der Waals surface area contributed by atoms with E-state index in [0.29, 0.717) is 6.61 Å². The third kappa shape index (κ3) is 2.34. The van der Waals surface area contributed by atoms with Crippen molar-refractivity contribution in [3.63, 3.8) is 0 Å². The van der Waals surface area contributed by atoms with E-state index in [1.54, 1.807) is 0 Å². The van der Waals surface area contributed by atoms with E-state index in [1.807, 2.05) is 31.2 Å².